The highest BCUT2D eigenvalue weighted by Gasteiger charge is 2.12. The van der Waals surface area contributed by atoms with Crippen molar-refractivity contribution in [3.8, 4) is 0 Å². The Kier molecular flexibility index (Phi) is 5.07. The molecule has 94 valence electrons. The minimum absolute atomic E-state index is 0.816. The van der Waals surface area contributed by atoms with Crippen molar-refractivity contribution >= 4 is 17.6 Å². The summed E-state index contributed by atoms with van der Waals surface area (Å²) in [7, 11) is 0. The van der Waals surface area contributed by atoms with Crippen molar-refractivity contribution in [3.63, 3.8) is 0 Å². The van der Waals surface area contributed by atoms with E-state index in [9.17, 15) is 0 Å². The summed E-state index contributed by atoms with van der Waals surface area (Å²) < 4.78 is 0. The molecule has 0 atom stereocenters. The quantitative estimate of drug-likeness (QED) is 0.805. The zero-order valence-electron chi connectivity index (χ0n) is 10.4. The Labute approximate surface area is 107 Å². The molecule has 1 aromatic rings. The lowest BCUT2D eigenvalue weighted by Gasteiger charge is -2.27. The Morgan fingerprint density at radius 3 is 2.76 bits per heavy atom. The van der Waals surface area contributed by atoms with E-state index < -0.39 is 0 Å². The monoisotopic (exact) mass is 252 g/mol. The van der Waals surface area contributed by atoms with E-state index in [-0.39, 0.29) is 0 Å². The highest BCUT2D eigenvalue weighted by atomic mass is 32.2. The molecule has 5 heteroatoms. The van der Waals surface area contributed by atoms with Gasteiger partial charge in [-0.1, -0.05) is 6.92 Å². The van der Waals surface area contributed by atoms with E-state index in [4.69, 9.17) is 0 Å². The molecule has 0 aromatic carbocycles. The largest absolute Gasteiger partial charge is 0.354 e. The van der Waals surface area contributed by atoms with E-state index in [1.807, 2.05) is 24.2 Å². The summed E-state index contributed by atoms with van der Waals surface area (Å²) in [5.74, 6) is 3.41. The lowest BCUT2D eigenvalue weighted by atomic mass is 10.4. The summed E-state index contributed by atoms with van der Waals surface area (Å²) in [6, 6.07) is 0. The topological polar surface area (TPSA) is 41.1 Å². The average Bonchev–Trinajstić information content (AvgIpc) is 2.41. The third kappa shape index (κ3) is 3.85. The van der Waals surface area contributed by atoms with Crippen LogP contribution in [0.3, 0.4) is 0 Å². The van der Waals surface area contributed by atoms with Crippen LogP contribution in [-0.4, -0.2) is 41.1 Å². The van der Waals surface area contributed by atoms with Gasteiger partial charge in [-0.05, 0) is 13.0 Å². The second kappa shape index (κ2) is 6.81. The third-order valence-electron chi connectivity index (χ3n) is 2.76. The second-order valence-electron chi connectivity index (χ2n) is 4.14. The molecule has 2 rings (SSSR count). The summed E-state index contributed by atoms with van der Waals surface area (Å²) >= 11 is 2.01. The second-order valence-corrected chi connectivity index (χ2v) is 5.37. The van der Waals surface area contributed by atoms with E-state index in [1.165, 1.54) is 11.5 Å². The fraction of sp³-hybridized carbons (Fsp3) is 0.667. The molecule has 2 heterocycles. The van der Waals surface area contributed by atoms with Gasteiger partial charge in [0.05, 0.1) is 18.1 Å². The number of rotatable bonds is 5. The Bertz CT molecular complexity index is 322. The summed E-state index contributed by atoms with van der Waals surface area (Å²) in [5.41, 5.74) is 1.02. The predicted molar refractivity (Wildman–Crippen MR) is 73.6 cm³/mol. The Morgan fingerprint density at radius 1 is 1.29 bits per heavy atom. The predicted octanol–water partition coefficient (Wildman–Crippen LogP) is 1.53. The van der Waals surface area contributed by atoms with Crippen molar-refractivity contribution < 1.29 is 0 Å². The molecule has 1 saturated heterocycles. The molecule has 1 aliphatic heterocycles. The molecule has 0 aliphatic carbocycles. The standard InChI is InChI=1S/C12H20N4S/c1-2-3-13-8-11-9-15-12(10-14-11)16-4-6-17-7-5-16/h9-10,13H,2-8H2,1H3. The number of nitrogens with one attached hydrogen (secondary N) is 1. The molecule has 1 N–H and O–H groups in total. The van der Waals surface area contributed by atoms with Gasteiger partial charge in [0.2, 0.25) is 0 Å². The van der Waals surface area contributed by atoms with Crippen molar-refractivity contribution in [2.75, 3.05) is 36.0 Å². The molecule has 0 unspecified atom stereocenters. The zero-order valence-corrected chi connectivity index (χ0v) is 11.2. The van der Waals surface area contributed by atoms with Gasteiger partial charge in [-0.3, -0.25) is 4.98 Å². The maximum absolute atomic E-state index is 4.50. The van der Waals surface area contributed by atoms with Gasteiger partial charge >= 0.3 is 0 Å². The first-order chi connectivity index (χ1) is 8.40. The van der Waals surface area contributed by atoms with Crippen molar-refractivity contribution in [2.24, 2.45) is 0 Å². The minimum atomic E-state index is 0.816. The van der Waals surface area contributed by atoms with Gasteiger partial charge in [0.25, 0.3) is 0 Å². The molecule has 0 spiro atoms. The molecule has 0 radical (unpaired) electrons. The van der Waals surface area contributed by atoms with E-state index in [0.29, 0.717) is 0 Å². The van der Waals surface area contributed by atoms with Crippen LogP contribution >= 0.6 is 11.8 Å². The van der Waals surface area contributed by atoms with Crippen LogP contribution in [-0.2, 0) is 6.54 Å². The van der Waals surface area contributed by atoms with E-state index >= 15 is 0 Å². The molecular formula is C12H20N4S. The number of thioether (sulfide) groups is 1. The molecule has 4 nitrogen and oxygen atoms in total. The molecule has 1 fully saturated rings. The zero-order chi connectivity index (χ0) is 11.9. The molecule has 0 amide bonds. The number of nitrogens with zero attached hydrogens (tertiary/aromatic N) is 3. The van der Waals surface area contributed by atoms with Gasteiger partial charge in [0, 0.05) is 31.1 Å². The Hall–Kier alpha value is -0.810. The lowest BCUT2D eigenvalue weighted by molar-refractivity contribution is 0.661. The van der Waals surface area contributed by atoms with Gasteiger partial charge in [-0.2, -0.15) is 11.8 Å². The average molecular weight is 252 g/mol. The minimum Gasteiger partial charge on any atom is -0.354 e. The van der Waals surface area contributed by atoms with Crippen molar-refractivity contribution in [1.82, 2.24) is 15.3 Å². The summed E-state index contributed by atoms with van der Waals surface area (Å²) in [6.07, 6.45) is 4.94. The summed E-state index contributed by atoms with van der Waals surface area (Å²) in [4.78, 5) is 11.3. The smallest absolute Gasteiger partial charge is 0.147 e. The van der Waals surface area contributed by atoms with Crippen LogP contribution in [0.2, 0.25) is 0 Å². The van der Waals surface area contributed by atoms with Crippen molar-refractivity contribution in [3.05, 3.63) is 18.1 Å². The normalized spacial score (nSPS) is 16.2. The lowest BCUT2D eigenvalue weighted by Crippen LogP contribution is -2.33. The van der Waals surface area contributed by atoms with E-state index in [0.717, 1.165) is 44.1 Å². The van der Waals surface area contributed by atoms with Gasteiger partial charge in [-0.15, -0.1) is 0 Å². The molecule has 17 heavy (non-hydrogen) atoms. The van der Waals surface area contributed by atoms with Crippen LogP contribution in [0.15, 0.2) is 12.4 Å². The number of hydrogen-bond donors (Lipinski definition) is 1. The molecule has 1 aromatic heterocycles. The van der Waals surface area contributed by atoms with E-state index in [2.05, 4.69) is 27.1 Å². The number of aromatic nitrogens is 2. The summed E-state index contributed by atoms with van der Waals surface area (Å²) in [6.45, 7) is 6.19. The number of hydrogen-bond acceptors (Lipinski definition) is 5. The third-order valence-corrected chi connectivity index (χ3v) is 3.70. The van der Waals surface area contributed by atoms with Gasteiger partial charge in [-0.25, -0.2) is 4.98 Å². The van der Waals surface area contributed by atoms with Gasteiger partial charge < -0.3 is 10.2 Å². The SMILES string of the molecule is CCCNCc1cnc(N2CCSCC2)cn1. The first-order valence-corrected chi connectivity index (χ1v) is 7.40. The first kappa shape index (κ1) is 12.6. The van der Waals surface area contributed by atoms with Crippen molar-refractivity contribution in [1.29, 1.82) is 0 Å². The van der Waals surface area contributed by atoms with Crippen LogP contribution in [0.1, 0.15) is 19.0 Å². The molecule has 0 bridgehead atoms. The van der Waals surface area contributed by atoms with Crippen LogP contribution in [0.4, 0.5) is 5.82 Å². The number of anilines is 1. The maximum Gasteiger partial charge on any atom is 0.147 e. The van der Waals surface area contributed by atoms with Crippen LogP contribution in [0.5, 0.6) is 0 Å². The maximum atomic E-state index is 4.50. The van der Waals surface area contributed by atoms with E-state index in [1.54, 1.807) is 0 Å². The fourth-order valence-electron chi connectivity index (χ4n) is 1.79. The Balaban J connectivity index is 1.88. The Morgan fingerprint density at radius 2 is 2.12 bits per heavy atom. The highest BCUT2D eigenvalue weighted by Crippen LogP contribution is 2.15. The van der Waals surface area contributed by atoms with Crippen LogP contribution in [0.25, 0.3) is 0 Å². The molecule has 1 aliphatic rings. The first-order valence-electron chi connectivity index (χ1n) is 6.24. The summed E-state index contributed by atoms with van der Waals surface area (Å²) in [5, 5.41) is 3.33. The fourth-order valence-corrected chi connectivity index (χ4v) is 2.69. The van der Waals surface area contributed by atoms with Crippen molar-refractivity contribution in [2.45, 2.75) is 19.9 Å². The molecular weight excluding hydrogens is 232 g/mol. The highest BCUT2D eigenvalue weighted by molar-refractivity contribution is 7.99. The molecule has 0 saturated carbocycles. The van der Waals surface area contributed by atoms with Gasteiger partial charge in [0.15, 0.2) is 0 Å². The van der Waals surface area contributed by atoms with Gasteiger partial charge in [0.1, 0.15) is 5.82 Å². The van der Waals surface area contributed by atoms with Crippen LogP contribution < -0.4 is 10.2 Å². The van der Waals surface area contributed by atoms with Crippen LogP contribution in [0, 0.1) is 0 Å².